The summed E-state index contributed by atoms with van der Waals surface area (Å²) in [6.07, 6.45) is 4.59. The van der Waals surface area contributed by atoms with Gasteiger partial charge in [-0.3, -0.25) is 4.79 Å². The maximum Gasteiger partial charge on any atom is 0.337 e. The summed E-state index contributed by atoms with van der Waals surface area (Å²) in [5.74, 6) is -0.537. The first-order valence-electron chi connectivity index (χ1n) is 4.69. The Morgan fingerprint density at radius 3 is 2.88 bits per heavy atom. The predicted molar refractivity (Wildman–Crippen MR) is 68.4 cm³/mol. The average molecular weight is 272 g/mol. The minimum absolute atomic E-state index is 0.0261. The fraction of sp³-hybridized carbons (Fsp3) is 0.182. The van der Waals surface area contributed by atoms with Crippen molar-refractivity contribution in [2.45, 2.75) is 6.92 Å². The van der Waals surface area contributed by atoms with Crippen LogP contribution in [0.15, 0.2) is 18.3 Å². The maximum atomic E-state index is 10.7. The van der Waals surface area contributed by atoms with Crippen molar-refractivity contribution in [3.63, 3.8) is 0 Å². The van der Waals surface area contributed by atoms with Crippen LogP contribution >= 0.6 is 23.4 Å². The zero-order valence-electron chi connectivity index (χ0n) is 9.01. The van der Waals surface area contributed by atoms with Crippen LogP contribution in [0.2, 0.25) is 5.15 Å². The number of aromatic nitrogens is 1. The second-order valence-corrected chi connectivity index (χ2v) is 4.67. The van der Waals surface area contributed by atoms with Crippen LogP contribution in [0.5, 0.6) is 0 Å². The van der Waals surface area contributed by atoms with Gasteiger partial charge in [0.05, 0.1) is 5.56 Å². The van der Waals surface area contributed by atoms with Crippen LogP contribution in [0.3, 0.4) is 0 Å². The molecule has 0 aliphatic heterocycles. The van der Waals surface area contributed by atoms with Crippen molar-refractivity contribution < 1.29 is 14.7 Å². The van der Waals surface area contributed by atoms with Crippen LogP contribution < -0.4 is 0 Å². The standard InChI is InChI=1S/C11H10ClNO3S/c1-7(14)17-4-2-3-8-5-9(11(15)16)6-13-10(8)12/h2-3,5-6H,4H2,1H3,(H,15,16). The van der Waals surface area contributed by atoms with Crippen molar-refractivity contribution in [1.82, 2.24) is 4.98 Å². The molecule has 6 heteroatoms. The van der Waals surface area contributed by atoms with Crippen molar-refractivity contribution >= 4 is 40.5 Å². The van der Waals surface area contributed by atoms with Crippen LogP contribution in [0.4, 0.5) is 0 Å². The van der Waals surface area contributed by atoms with Gasteiger partial charge in [-0.1, -0.05) is 35.5 Å². The van der Waals surface area contributed by atoms with E-state index in [1.54, 1.807) is 12.2 Å². The summed E-state index contributed by atoms with van der Waals surface area (Å²) in [4.78, 5) is 25.2. The summed E-state index contributed by atoms with van der Waals surface area (Å²) in [6, 6.07) is 1.44. The van der Waals surface area contributed by atoms with Gasteiger partial charge in [0.15, 0.2) is 5.12 Å². The molecule has 0 saturated carbocycles. The fourth-order valence-corrected chi connectivity index (χ4v) is 1.63. The van der Waals surface area contributed by atoms with Crippen LogP contribution in [-0.4, -0.2) is 26.9 Å². The van der Waals surface area contributed by atoms with Gasteiger partial charge in [0, 0.05) is 24.4 Å². The second kappa shape index (κ2) is 6.42. The molecule has 1 N–H and O–H groups in total. The van der Waals surface area contributed by atoms with Crippen LogP contribution in [0.1, 0.15) is 22.8 Å². The molecule has 1 heterocycles. The molecule has 1 rings (SSSR count). The quantitative estimate of drug-likeness (QED) is 0.853. The first-order chi connectivity index (χ1) is 8.00. The molecule has 0 aromatic carbocycles. The second-order valence-electron chi connectivity index (χ2n) is 3.11. The van der Waals surface area contributed by atoms with E-state index >= 15 is 0 Å². The van der Waals surface area contributed by atoms with E-state index in [0.29, 0.717) is 11.3 Å². The highest BCUT2D eigenvalue weighted by molar-refractivity contribution is 8.13. The SMILES string of the molecule is CC(=O)SCC=Cc1cc(C(=O)O)cnc1Cl. The summed E-state index contributed by atoms with van der Waals surface area (Å²) < 4.78 is 0. The molecule has 0 spiro atoms. The van der Waals surface area contributed by atoms with Gasteiger partial charge in [0.2, 0.25) is 0 Å². The summed E-state index contributed by atoms with van der Waals surface area (Å²) in [6.45, 7) is 1.48. The Balaban J connectivity index is 2.79. The van der Waals surface area contributed by atoms with Gasteiger partial charge in [-0.05, 0) is 6.07 Å². The van der Waals surface area contributed by atoms with E-state index < -0.39 is 5.97 Å². The normalized spacial score (nSPS) is 10.7. The van der Waals surface area contributed by atoms with E-state index in [-0.39, 0.29) is 15.8 Å². The van der Waals surface area contributed by atoms with Crippen LogP contribution in [-0.2, 0) is 4.79 Å². The number of nitrogens with zero attached hydrogens (tertiary/aromatic N) is 1. The molecular formula is C11H10ClNO3S. The Morgan fingerprint density at radius 2 is 2.29 bits per heavy atom. The first-order valence-corrected chi connectivity index (χ1v) is 6.06. The van der Waals surface area contributed by atoms with Gasteiger partial charge in [-0.15, -0.1) is 0 Å². The van der Waals surface area contributed by atoms with E-state index in [9.17, 15) is 9.59 Å². The molecule has 1 aromatic heterocycles. The maximum absolute atomic E-state index is 10.7. The third-order valence-corrected chi connectivity index (χ3v) is 2.87. The van der Waals surface area contributed by atoms with Crippen molar-refractivity contribution in [2.75, 3.05) is 5.75 Å². The molecule has 0 radical (unpaired) electrons. The zero-order valence-corrected chi connectivity index (χ0v) is 10.6. The lowest BCUT2D eigenvalue weighted by molar-refractivity contribution is -0.109. The molecule has 0 bridgehead atoms. The zero-order chi connectivity index (χ0) is 12.8. The Hall–Kier alpha value is -1.33. The number of hydrogen-bond donors (Lipinski definition) is 1. The topological polar surface area (TPSA) is 67.3 Å². The number of halogens is 1. The molecule has 0 saturated heterocycles. The number of aromatic carboxylic acids is 1. The minimum Gasteiger partial charge on any atom is -0.478 e. The predicted octanol–water partition coefficient (Wildman–Crippen LogP) is 2.73. The number of pyridine rings is 1. The smallest absolute Gasteiger partial charge is 0.337 e. The van der Waals surface area contributed by atoms with Crippen molar-refractivity contribution in [2.24, 2.45) is 0 Å². The summed E-state index contributed by atoms with van der Waals surface area (Å²) >= 11 is 6.97. The Labute approximate surface area is 108 Å². The van der Waals surface area contributed by atoms with Gasteiger partial charge in [0.25, 0.3) is 0 Å². The largest absolute Gasteiger partial charge is 0.478 e. The first kappa shape index (κ1) is 13.7. The number of carboxylic acids is 1. The van der Waals surface area contributed by atoms with Crippen molar-refractivity contribution in [1.29, 1.82) is 0 Å². The lowest BCUT2D eigenvalue weighted by Crippen LogP contribution is -1.98. The third-order valence-electron chi connectivity index (χ3n) is 1.79. The average Bonchev–Trinajstić information content (AvgIpc) is 2.25. The summed E-state index contributed by atoms with van der Waals surface area (Å²) in [5, 5.41) is 9.05. The Kier molecular flexibility index (Phi) is 5.18. The van der Waals surface area contributed by atoms with E-state index in [2.05, 4.69) is 4.98 Å². The number of carbonyl (C=O) groups excluding carboxylic acids is 1. The van der Waals surface area contributed by atoms with Gasteiger partial charge in [0.1, 0.15) is 5.15 Å². The lowest BCUT2D eigenvalue weighted by Gasteiger charge is -1.99. The lowest BCUT2D eigenvalue weighted by atomic mass is 10.2. The number of hydrogen-bond acceptors (Lipinski definition) is 4. The third kappa shape index (κ3) is 4.58. The van der Waals surface area contributed by atoms with Crippen molar-refractivity contribution in [3.8, 4) is 0 Å². The van der Waals surface area contributed by atoms with Gasteiger partial charge in [-0.2, -0.15) is 0 Å². The van der Waals surface area contributed by atoms with Crippen LogP contribution in [0.25, 0.3) is 6.08 Å². The van der Waals surface area contributed by atoms with Crippen LogP contribution in [0, 0.1) is 0 Å². The molecule has 0 fully saturated rings. The summed E-state index contributed by atoms with van der Waals surface area (Å²) in [7, 11) is 0. The van der Waals surface area contributed by atoms with Crippen molar-refractivity contribution in [3.05, 3.63) is 34.6 Å². The minimum atomic E-state index is -1.05. The van der Waals surface area contributed by atoms with E-state index in [4.69, 9.17) is 16.7 Å². The molecule has 0 aliphatic carbocycles. The van der Waals surface area contributed by atoms with E-state index in [1.165, 1.54) is 19.2 Å². The molecule has 1 aromatic rings. The number of carbonyl (C=O) groups is 2. The summed E-state index contributed by atoms with van der Waals surface area (Å²) in [5.41, 5.74) is 0.601. The van der Waals surface area contributed by atoms with Gasteiger partial charge >= 0.3 is 5.97 Å². The number of carboxylic acid groups (broad SMARTS) is 1. The molecule has 17 heavy (non-hydrogen) atoms. The highest BCUT2D eigenvalue weighted by Crippen LogP contribution is 2.16. The van der Waals surface area contributed by atoms with Gasteiger partial charge < -0.3 is 5.11 Å². The molecule has 0 atom stereocenters. The molecular weight excluding hydrogens is 262 g/mol. The monoisotopic (exact) mass is 271 g/mol. The van der Waals surface area contributed by atoms with E-state index in [0.717, 1.165) is 11.8 Å². The fourth-order valence-electron chi connectivity index (χ4n) is 1.04. The highest BCUT2D eigenvalue weighted by Gasteiger charge is 2.06. The Morgan fingerprint density at radius 1 is 1.59 bits per heavy atom. The molecule has 0 amide bonds. The van der Waals surface area contributed by atoms with E-state index in [1.807, 2.05) is 0 Å². The van der Waals surface area contributed by atoms with Gasteiger partial charge in [-0.25, -0.2) is 9.78 Å². The highest BCUT2D eigenvalue weighted by atomic mass is 35.5. The number of rotatable bonds is 4. The number of thioether (sulfide) groups is 1. The Bertz CT molecular complexity index is 474. The molecule has 4 nitrogen and oxygen atoms in total. The molecule has 0 unspecified atom stereocenters. The molecule has 90 valence electrons. The molecule has 0 aliphatic rings.